The molecule has 1 aromatic heterocycles. The minimum absolute atomic E-state index is 0.120. The average Bonchev–Trinajstić information content (AvgIpc) is 2.20. The number of pyridine rings is 1. The monoisotopic (exact) mass is 219 g/mol. The molecule has 1 heterocycles. The summed E-state index contributed by atoms with van der Waals surface area (Å²) in [4.78, 5) is 15.0. The van der Waals surface area contributed by atoms with Crippen molar-refractivity contribution in [1.82, 2.24) is 4.98 Å². The van der Waals surface area contributed by atoms with Crippen molar-refractivity contribution in [2.45, 2.75) is 58.3 Å². The first-order valence-corrected chi connectivity index (χ1v) is 6.43. The van der Waals surface area contributed by atoms with Crippen molar-refractivity contribution < 1.29 is 0 Å². The minimum atomic E-state index is 0.120. The van der Waals surface area contributed by atoms with Gasteiger partial charge in [-0.1, -0.05) is 26.7 Å². The molecular weight excluding hydrogens is 198 g/mol. The van der Waals surface area contributed by atoms with Crippen LogP contribution >= 0.6 is 0 Å². The summed E-state index contributed by atoms with van der Waals surface area (Å²) in [5.41, 5.74) is 3.63. The number of hydrogen-bond acceptors (Lipinski definition) is 1. The molecule has 0 fully saturated rings. The Balaban J connectivity index is 2.41. The Labute approximate surface area is 97.1 Å². The van der Waals surface area contributed by atoms with Crippen LogP contribution in [0.1, 0.15) is 62.3 Å². The summed E-state index contributed by atoms with van der Waals surface area (Å²) < 4.78 is 0. The van der Waals surface area contributed by atoms with Crippen LogP contribution in [0.4, 0.5) is 0 Å². The molecule has 1 aliphatic carbocycles. The van der Waals surface area contributed by atoms with E-state index < -0.39 is 0 Å². The molecule has 2 nitrogen and oxygen atoms in total. The molecule has 1 aliphatic rings. The molecule has 0 aromatic carbocycles. The number of rotatable bonds is 1. The lowest BCUT2D eigenvalue weighted by atomic mass is 9.94. The van der Waals surface area contributed by atoms with Crippen LogP contribution in [-0.2, 0) is 12.8 Å². The number of fused-ring (bicyclic) bond motifs is 1. The number of aromatic amines is 1. The van der Waals surface area contributed by atoms with Crippen molar-refractivity contribution in [1.29, 1.82) is 0 Å². The quantitative estimate of drug-likeness (QED) is 0.773. The number of hydrogen-bond donors (Lipinski definition) is 1. The van der Waals surface area contributed by atoms with Gasteiger partial charge in [0.15, 0.2) is 0 Å². The van der Waals surface area contributed by atoms with E-state index in [0.717, 1.165) is 18.4 Å². The van der Waals surface area contributed by atoms with Gasteiger partial charge in [0.05, 0.1) is 0 Å². The summed E-state index contributed by atoms with van der Waals surface area (Å²) in [6, 6.07) is 2.14. The fraction of sp³-hybridized carbons (Fsp3) is 0.643. The predicted molar refractivity (Wildman–Crippen MR) is 67.0 cm³/mol. The molecule has 2 heteroatoms. The highest BCUT2D eigenvalue weighted by Crippen LogP contribution is 2.20. The van der Waals surface area contributed by atoms with Crippen LogP contribution in [0.5, 0.6) is 0 Å². The largest absolute Gasteiger partial charge is 0.326 e. The van der Waals surface area contributed by atoms with Crippen LogP contribution in [0.3, 0.4) is 0 Å². The molecule has 0 saturated carbocycles. The van der Waals surface area contributed by atoms with E-state index in [4.69, 9.17) is 0 Å². The second-order valence-electron chi connectivity index (χ2n) is 5.13. The van der Waals surface area contributed by atoms with E-state index >= 15 is 0 Å². The molecule has 1 aromatic rings. The van der Waals surface area contributed by atoms with Gasteiger partial charge < -0.3 is 4.98 Å². The van der Waals surface area contributed by atoms with Crippen molar-refractivity contribution in [2.24, 2.45) is 0 Å². The van der Waals surface area contributed by atoms with Gasteiger partial charge in [-0.05, 0) is 43.2 Å². The molecule has 0 spiro atoms. The number of H-pyrrole nitrogens is 1. The molecule has 88 valence electrons. The van der Waals surface area contributed by atoms with E-state index in [1.54, 1.807) is 0 Å². The third-order valence-corrected chi connectivity index (χ3v) is 3.49. The fourth-order valence-electron chi connectivity index (χ4n) is 2.48. The zero-order valence-electron chi connectivity index (χ0n) is 10.3. The summed E-state index contributed by atoms with van der Waals surface area (Å²) in [6.07, 6.45) is 7.28. The molecular formula is C14H21NO. The lowest BCUT2D eigenvalue weighted by Gasteiger charge is -2.15. The highest BCUT2D eigenvalue weighted by atomic mass is 16.1. The molecule has 2 rings (SSSR count). The van der Waals surface area contributed by atoms with Gasteiger partial charge in [-0.3, -0.25) is 4.79 Å². The van der Waals surface area contributed by atoms with Gasteiger partial charge in [-0.15, -0.1) is 0 Å². The summed E-state index contributed by atoms with van der Waals surface area (Å²) in [7, 11) is 0. The molecule has 0 amide bonds. The Morgan fingerprint density at radius 3 is 2.50 bits per heavy atom. The SMILES string of the molecule is CC(C)c1cc2c([nH]c1=O)CCCCCC2. The smallest absolute Gasteiger partial charge is 0.251 e. The molecule has 0 unspecified atom stereocenters. The standard InChI is InChI=1S/C14H21NO/c1-10(2)12-9-11-7-5-3-4-6-8-13(11)15-14(12)16/h9-10H,3-8H2,1-2H3,(H,15,16). The van der Waals surface area contributed by atoms with Crippen molar-refractivity contribution in [3.63, 3.8) is 0 Å². The van der Waals surface area contributed by atoms with Crippen LogP contribution in [0.25, 0.3) is 0 Å². The summed E-state index contributed by atoms with van der Waals surface area (Å²) in [5.74, 6) is 0.319. The lowest BCUT2D eigenvalue weighted by Crippen LogP contribution is -2.18. The lowest BCUT2D eigenvalue weighted by molar-refractivity contribution is 0.605. The van der Waals surface area contributed by atoms with Gasteiger partial charge in [0.25, 0.3) is 5.56 Å². The number of nitrogens with one attached hydrogen (secondary N) is 1. The topological polar surface area (TPSA) is 32.9 Å². The van der Waals surface area contributed by atoms with Gasteiger partial charge in [0.1, 0.15) is 0 Å². The summed E-state index contributed by atoms with van der Waals surface area (Å²) in [5, 5.41) is 0. The van der Waals surface area contributed by atoms with Crippen LogP contribution in [0.15, 0.2) is 10.9 Å². The van der Waals surface area contributed by atoms with Gasteiger partial charge in [0, 0.05) is 11.3 Å². The molecule has 0 saturated heterocycles. The van der Waals surface area contributed by atoms with Gasteiger partial charge in [0.2, 0.25) is 0 Å². The predicted octanol–water partition coefficient (Wildman–Crippen LogP) is 3.16. The first kappa shape index (κ1) is 11.4. The van der Waals surface area contributed by atoms with Crippen molar-refractivity contribution >= 4 is 0 Å². The maximum Gasteiger partial charge on any atom is 0.251 e. The van der Waals surface area contributed by atoms with E-state index in [0.29, 0.717) is 5.92 Å². The third-order valence-electron chi connectivity index (χ3n) is 3.49. The van der Waals surface area contributed by atoms with E-state index in [-0.39, 0.29) is 5.56 Å². The van der Waals surface area contributed by atoms with Gasteiger partial charge in [-0.2, -0.15) is 0 Å². The summed E-state index contributed by atoms with van der Waals surface area (Å²) >= 11 is 0. The highest BCUT2D eigenvalue weighted by molar-refractivity contribution is 5.28. The molecule has 0 bridgehead atoms. The Hall–Kier alpha value is -1.05. The van der Waals surface area contributed by atoms with E-state index in [9.17, 15) is 4.79 Å². The van der Waals surface area contributed by atoms with E-state index in [1.165, 1.54) is 36.9 Å². The van der Waals surface area contributed by atoms with Crippen LogP contribution in [0.2, 0.25) is 0 Å². The molecule has 0 aliphatic heterocycles. The normalized spacial score (nSPS) is 16.7. The van der Waals surface area contributed by atoms with Gasteiger partial charge >= 0.3 is 0 Å². The Morgan fingerprint density at radius 2 is 1.81 bits per heavy atom. The third kappa shape index (κ3) is 2.37. The zero-order valence-corrected chi connectivity index (χ0v) is 10.3. The summed E-state index contributed by atoms with van der Waals surface area (Å²) in [6.45, 7) is 4.17. The van der Waals surface area contributed by atoms with Crippen LogP contribution < -0.4 is 5.56 Å². The fourth-order valence-corrected chi connectivity index (χ4v) is 2.48. The van der Waals surface area contributed by atoms with E-state index in [2.05, 4.69) is 24.9 Å². The zero-order chi connectivity index (χ0) is 11.5. The minimum Gasteiger partial charge on any atom is -0.326 e. The Morgan fingerprint density at radius 1 is 1.12 bits per heavy atom. The first-order valence-electron chi connectivity index (χ1n) is 6.43. The highest BCUT2D eigenvalue weighted by Gasteiger charge is 2.12. The second-order valence-corrected chi connectivity index (χ2v) is 5.13. The maximum atomic E-state index is 11.9. The number of aryl methyl sites for hydroxylation is 2. The number of aromatic nitrogens is 1. The van der Waals surface area contributed by atoms with Crippen molar-refractivity contribution in [2.75, 3.05) is 0 Å². The van der Waals surface area contributed by atoms with Crippen LogP contribution in [0, 0.1) is 0 Å². The second kappa shape index (κ2) is 4.86. The Kier molecular flexibility index (Phi) is 3.47. The molecule has 1 N–H and O–H groups in total. The Bertz CT molecular complexity index is 417. The van der Waals surface area contributed by atoms with E-state index in [1.807, 2.05) is 0 Å². The molecule has 16 heavy (non-hydrogen) atoms. The molecule has 0 atom stereocenters. The maximum absolute atomic E-state index is 11.9. The van der Waals surface area contributed by atoms with Crippen molar-refractivity contribution in [3.8, 4) is 0 Å². The average molecular weight is 219 g/mol. The van der Waals surface area contributed by atoms with Gasteiger partial charge in [-0.25, -0.2) is 0 Å². The van der Waals surface area contributed by atoms with Crippen molar-refractivity contribution in [3.05, 3.63) is 33.2 Å². The van der Waals surface area contributed by atoms with Crippen LogP contribution in [-0.4, -0.2) is 4.98 Å². The first-order chi connectivity index (χ1) is 7.68. The molecule has 0 radical (unpaired) electrons.